The maximum atomic E-state index is 12.5. The van der Waals surface area contributed by atoms with Crippen molar-refractivity contribution in [2.45, 2.75) is 52.1 Å². The Kier molecular flexibility index (Phi) is 9.15. The SMILES string of the molecule is CC(C)(C)OC(=O)N1CCN(CCCCCS(=O)(=O)N2CC[C@H](C#CC(=O)O)C2)CC1. The molecule has 0 spiro atoms. The van der Waals surface area contributed by atoms with Crippen molar-refractivity contribution in [3.63, 3.8) is 0 Å². The highest BCUT2D eigenvalue weighted by Gasteiger charge is 2.30. The second-order valence-electron chi connectivity index (χ2n) is 9.10. The van der Waals surface area contributed by atoms with Crippen molar-refractivity contribution in [1.82, 2.24) is 14.1 Å². The van der Waals surface area contributed by atoms with E-state index in [1.165, 1.54) is 4.31 Å². The Morgan fingerprint density at radius 3 is 2.35 bits per heavy atom. The first-order chi connectivity index (χ1) is 14.5. The van der Waals surface area contributed by atoms with Gasteiger partial charge in [-0.05, 0) is 46.6 Å². The summed E-state index contributed by atoms with van der Waals surface area (Å²) in [6.45, 7) is 10.0. The van der Waals surface area contributed by atoms with Crippen molar-refractivity contribution in [2.75, 3.05) is 51.6 Å². The van der Waals surface area contributed by atoms with Crippen LogP contribution in [0.25, 0.3) is 0 Å². The Balaban J connectivity index is 1.61. The van der Waals surface area contributed by atoms with Gasteiger partial charge in [0, 0.05) is 51.1 Å². The number of carbonyl (C=O) groups is 2. The molecule has 0 saturated carbocycles. The first-order valence-corrected chi connectivity index (χ1v) is 12.5. The monoisotopic (exact) mass is 457 g/mol. The van der Waals surface area contributed by atoms with E-state index in [0.717, 1.165) is 32.5 Å². The molecule has 2 fully saturated rings. The lowest BCUT2D eigenvalue weighted by atomic mass is 10.1. The number of unbranched alkanes of at least 4 members (excludes halogenated alkanes) is 2. The lowest BCUT2D eigenvalue weighted by Gasteiger charge is -2.35. The van der Waals surface area contributed by atoms with Crippen molar-refractivity contribution in [3.05, 3.63) is 0 Å². The molecule has 1 N–H and O–H groups in total. The van der Waals surface area contributed by atoms with Gasteiger partial charge in [-0.25, -0.2) is 22.3 Å². The second kappa shape index (κ2) is 11.2. The molecule has 1 amide bonds. The third-order valence-electron chi connectivity index (χ3n) is 5.33. The molecule has 2 aliphatic rings. The van der Waals surface area contributed by atoms with Gasteiger partial charge in [0.05, 0.1) is 5.75 Å². The molecule has 0 aromatic heterocycles. The zero-order chi connectivity index (χ0) is 23.1. The van der Waals surface area contributed by atoms with Gasteiger partial charge in [-0.2, -0.15) is 0 Å². The van der Waals surface area contributed by atoms with Gasteiger partial charge in [0.15, 0.2) is 0 Å². The number of nitrogens with zero attached hydrogens (tertiary/aromatic N) is 3. The normalized spacial score (nSPS) is 20.9. The van der Waals surface area contributed by atoms with E-state index in [1.807, 2.05) is 20.8 Å². The summed E-state index contributed by atoms with van der Waals surface area (Å²) in [5.41, 5.74) is -0.490. The average Bonchev–Trinajstić information content (AvgIpc) is 3.15. The summed E-state index contributed by atoms with van der Waals surface area (Å²) in [5, 5.41) is 8.61. The first kappa shape index (κ1) is 25.4. The van der Waals surface area contributed by atoms with E-state index in [-0.39, 0.29) is 24.3 Å². The molecule has 0 aromatic rings. The smallest absolute Gasteiger partial charge is 0.410 e. The Morgan fingerprint density at radius 1 is 1.06 bits per heavy atom. The van der Waals surface area contributed by atoms with Gasteiger partial charge in [0.1, 0.15) is 5.60 Å². The number of aliphatic carboxylic acids is 1. The van der Waals surface area contributed by atoms with Crippen molar-refractivity contribution < 1.29 is 27.9 Å². The number of amides is 1. The van der Waals surface area contributed by atoms with E-state index >= 15 is 0 Å². The molecule has 2 heterocycles. The number of hydrogen-bond donors (Lipinski definition) is 1. The fourth-order valence-corrected chi connectivity index (χ4v) is 5.29. The number of rotatable bonds is 7. The quantitative estimate of drug-likeness (QED) is 0.455. The van der Waals surface area contributed by atoms with E-state index in [1.54, 1.807) is 4.90 Å². The molecule has 176 valence electrons. The minimum atomic E-state index is -3.32. The van der Waals surface area contributed by atoms with Gasteiger partial charge in [-0.1, -0.05) is 12.3 Å². The van der Waals surface area contributed by atoms with Gasteiger partial charge in [-0.15, -0.1) is 0 Å². The molecular formula is C21H35N3O6S. The summed E-state index contributed by atoms with van der Waals surface area (Å²) in [4.78, 5) is 26.6. The van der Waals surface area contributed by atoms with Crippen LogP contribution in [-0.4, -0.2) is 96.9 Å². The number of piperazine rings is 1. The number of ether oxygens (including phenoxy) is 1. The Labute approximate surface area is 185 Å². The number of hydrogen-bond acceptors (Lipinski definition) is 6. The van der Waals surface area contributed by atoms with Gasteiger partial charge in [0.2, 0.25) is 10.0 Å². The summed E-state index contributed by atoms with van der Waals surface area (Å²) in [6.07, 6.45) is 2.64. The average molecular weight is 458 g/mol. The summed E-state index contributed by atoms with van der Waals surface area (Å²) in [6, 6.07) is 0. The molecule has 1 atom stereocenters. The van der Waals surface area contributed by atoms with Crippen LogP contribution in [0.2, 0.25) is 0 Å². The zero-order valence-corrected chi connectivity index (χ0v) is 19.6. The summed E-state index contributed by atoms with van der Waals surface area (Å²) in [7, 11) is -3.32. The van der Waals surface area contributed by atoms with E-state index in [4.69, 9.17) is 9.84 Å². The van der Waals surface area contributed by atoms with Crippen LogP contribution >= 0.6 is 0 Å². The largest absolute Gasteiger partial charge is 0.472 e. The standard InChI is InChI=1S/C21H35N3O6S/c1-21(2,3)30-20(27)23-14-12-22(13-15-23)10-5-4-6-16-31(28,29)24-11-9-18(17-24)7-8-19(25)26/h18H,4-6,9-17H2,1-3H3,(H,25,26)/t18-/m0/s1. The first-order valence-electron chi connectivity index (χ1n) is 10.9. The van der Waals surface area contributed by atoms with Crippen LogP contribution in [0, 0.1) is 17.8 Å². The van der Waals surface area contributed by atoms with Crippen LogP contribution in [0.15, 0.2) is 0 Å². The summed E-state index contributed by atoms with van der Waals surface area (Å²) < 4.78 is 31.8. The van der Waals surface area contributed by atoms with Crippen LogP contribution in [0.1, 0.15) is 46.5 Å². The number of carboxylic acids is 1. The molecule has 2 saturated heterocycles. The molecule has 2 rings (SSSR count). The highest BCUT2D eigenvalue weighted by Crippen LogP contribution is 2.20. The van der Waals surface area contributed by atoms with E-state index in [2.05, 4.69) is 16.7 Å². The van der Waals surface area contributed by atoms with Crippen LogP contribution in [0.5, 0.6) is 0 Å². The van der Waals surface area contributed by atoms with E-state index < -0.39 is 21.6 Å². The van der Waals surface area contributed by atoms with Gasteiger partial charge in [0.25, 0.3) is 0 Å². The van der Waals surface area contributed by atoms with Crippen LogP contribution in [0.4, 0.5) is 4.79 Å². The zero-order valence-electron chi connectivity index (χ0n) is 18.8. The fourth-order valence-electron chi connectivity index (χ4n) is 3.67. The maximum absolute atomic E-state index is 12.5. The van der Waals surface area contributed by atoms with Crippen molar-refractivity contribution >= 4 is 22.1 Å². The summed E-state index contributed by atoms with van der Waals surface area (Å²) >= 11 is 0. The molecule has 10 heteroatoms. The maximum Gasteiger partial charge on any atom is 0.410 e. The molecule has 0 aromatic carbocycles. The number of carbonyl (C=O) groups excluding carboxylic acids is 1. The van der Waals surface area contributed by atoms with Crippen LogP contribution in [-0.2, 0) is 19.6 Å². The van der Waals surface area contributed by atoms with Gasteiger partial charge < -0.3 is 14.7 Å². The molecule has 2 aliphatic heterocycles. The van der Waals surface area contributed by atoms with Crippen molar-refractivity contribution in [2.24, 2.45) is 5.92 Å². The van der Waals surface area contributed by atoms with Crippen LogP contribution < -0.4 is 0 Å². The lowest BCUT2D eigenvalue weighted by molar-refractivity contribution is -0.130. The minimum Gasteiger partial charge on any atom is -0.472 e. The number of carboxylic acid groups (broad SMARTS) is 1. The Morgan fingerprint density at radius 2 is 1.74 bits per heavy atom. The topological polar surface area (TPSA) is 107 Å². The van der Waals surface area contributed by atoms with Crippen molar-refractivity contribution in [1.29, 1.82) is 0 Å². The van der Waals surface area contributed by atoms with E-state index in [0.29, 0.717) is 32.5 Å². The van der Waals surface area contributed by atoms with E-state index in [9.17, 15) is 18.0 Å². The van der Waals surface area contributed by atoms with Crippen LogP contribution in [0.3, 0.4) is 0 Å². The molecule has 0 unspecified atom stereocenters. The third-order valence-corrected chi connectivity index (χ3v) is 7.25. The Bertz CT molecular complexity index is 788. The highest BCUT2D eigenvalue weighted by atomic mass is 32.2. The van der Waals surface area contributed by atoms with Gasteiger partial charge in [-0.3, -0.25) is 4.90 Å². The molecule has 9 nitrogen and oxygen atoms in total. The predicted octanol–water partition coefficient (Wildman–Crippen LogP) is 1.45. The summed E-state index contributed by atoms with van der Waals surface area (Å²) in [5.74, 6) is 3.42. The fraction of sp³-hybridized carbons (Fsp3) is 0.810. The second-order valence-corrected chi connectivity index (χ2v) is 11.2. The lowest BCUT2D eigenvalue weighted by Crippen LogP contribution is -2.50. The Hall–Kier alpha value is -1.83. The van der Waals surface area contributed by atoms with Crippen molar-refractivity contribution in [3.8, 4) is 11.8 Å². The third kappa shape index (κ3) is 9.05. The number of sulfonamides is 1. The minimum absolute atomic E-state index is 0.110. The predicted molar refractivity (Wildman–Crippen MR) is 117 cm³/mol. The molecule has 31 heavy (non-hydrogen) atoms. The molecule has 0 bridgehead atoms. The van der Waals surface area contributed by atoms with Gasteiger partial charge >= 0.3 is 12.1 Å². The molecule has 0 aliphatic carbocycles. The molecule has 0 radical (unpaired) electrons. The highest BCUT2D eigenvalue weighted by molar-refractivity contribution is 7.89. The molecular weight excluding hydrogens is 422 g/mol.